The van der Waals surface area contributed by atoms with Gasteiger partial charge < -0.3 is 19.9 Å². The number of fused-ring (bicyclic) bond motifs is 1. The minimum atomic E-state index is -1.05. The molecule has 0 unspecified atom stereocenters. The second-order valence-electron chi connectivity index (χ2n) is 6.72. The lowest BCUT2D eigenvalue weighted by Gasteiger charge is -2.38. The highest BCUT2D eigenvalue weighted by Gasteiger charge is 2.34. The normalized spacial score (nSPS) is 15.2. The molecule has 3 aromatic rings. The van der Waals surface area contributed by atoms with Crippen LogP contribution < -0.4 is 19.7 Å². The third-order valence-electron chi connectivity index (χ3n) is 4.81. The summed E-state index contributed by atoms with van der Waals surface area (Å²) >= 11 is 0. The summed E-state index contributed by atoms with van der Waals surface area (Å²) in [6.07, 6.45) is -0.451. The number of methoxy groups -OCH3 is 1. The van der Waals surface area contributed by atoms with Crippen molar-refractivity contribution >= 4 is 23.3 Å². The molecule has 2 N–H and O–H groups in total. The van der Waals surface area contributed by atoms with Crippen molar-refractivity contribution < 1.29 is 24.2 Å². The zero-order valence-electron chi connectivity index (χ0n) is 16.2. The molecule has 0 aromatic heterocycles. The molecule has 30 heavy (non-hydrogen) atoms. The Morgan fingerprint density at radius 2 is 1.80 bits per heavy atom. The molecule has 0 saturated heterocycles. The van der Waals surface area contributed by atoms with Gasteiger partial charge in [0, 0.05) is 11.4 Å². The molecule has 0 fully saturated rings. The Balaban J connectivity index is 1.73. The highest BCUT2D eigenvalue weighted by Crippen LogP contribution is 2.37. The number of benzene rings is 3. The number of para-hydroxylation sites is 1. The number of anilines is 2. The predicted octanol–water partition coefficient (Wildman–Crippen LogP) is 3.93. The third kappa shape index (κ3) is 3.77. The number of ether oxygens (including phenoxy) is 2. The molecule has 1 amide bonds. The highest BCUT2D eigenvalue weighted by atomic mass is 16.5. The number of carbonyl (C=O) groups excluding carboxylic acids is 1. The Hall–Kier alpha value is -4.00. The van der Waals surface area contributed by atoms with Crippen molar-refractivity contribution in [3.8, 4) is 11.5 Å². The molecule has 3 aromatic carbocycles. The van der Waals surface area contributed by atoms with Crippen LogP contribution in [-0.4, -0.2) is 30.7 Å². The quantitative estimate of drug-likeness (QED) is 0.647. The van der Waals surface area contributed by atoms with Gasteiger partial charge in [0.2, 0.25) is 0 Å². The standard InChI is InChI=1S/C23H20N2O5/c1-29-18-6-4-5-15(13-18)22-24-20-8-3-2-7-19(20)23(28)25(22)16-9-11-17(12-10-16)30-14-21(26)27/h2-13,22,24H,14H2,1H3,(H,26,27)/t22-/m1/s1. The van der Waals surface area contributed by atoms with Gasteiger partial charge >= 0.3 is 5.97 Å². The van der Waals surface area contributed by atoms with Crippen molar-refractivity contribution in [1.29, 1.82) is 0 Å². The molecule has 0 radical (unpaired) electrons. The molecule has 1 atom stereocenters. The zero-order valence-corrected chi connectivity index (χ0v) is 16.2. The van der Waals surface area contributed by atoms with Gasteiger partial charge in [-0.25, -0.2) is 4.79 Å². The summed E-state index contributed by atoms with van der Waals surface area (Å²) in [6.45, 7) is -0.427. The Kier molecular flexibility index (Phi) is 5.26. The van der Waals surface area contributed by atoms with E-state index in [2.05, 4.69) is 5.32 Å². The number of amides is 1. The summed E-state index contributed by atoms with van der Waals surface area (Å²) in [4.78, 5) is 25.8. The average molecular weight is 404 g/mol. The Labute approximate surface area is 173 Å². The van der Waals surface area contributed by atoms with E-state index in [0.29, 0.717) is 22.7 Å². The molecule has 152 valence electrons. The van der Waals surface area contributed by atoms with Gasteiger partial charge in [0.1, 0.15) is 17.7 Å². The van der Waals surface area contributed by atoms with E-state index in [-0.39, 0.29) is 5.91 Å². The molecule has 0 bridgehead atoms. The Morgan fingerprint density at radius 3 is 2.53 bits per heavy atom. The van der Waals surface area contributed by atoms with Gasteiger partial charge in [-0.3, -0.25) is 9.69 Å². The number of nitrogens with zero attached hydrogens (tertiary/aromatic N) is 1. The van der Waals surface area contributed by atoms with Crippen LogP contribution in [0.25, 0.3) is 0 Å². The summed E-state index contributed by atoms with van der Waals surface area (Å²) in [5, 5.41) is 12.2. The van der Waals surface area contributed by atoms with Gasteiger partial charge in [-0.2, -0.15) is 0 Å². The summed E-state index contributed by atoms with van der Waals surface area (Å²) in [7, 11) is 1.60. The minimum absolute atomic E-state index is 0.142. The average Bonchev–Trinajstić information content (AvgIpc) is 2.78. The number of hydrogen-bond donors (Lipinski definition) is 2. The lowest BCUT2D eigenvalue weighted by atomic mass is 10.0. The Morgan fingerprint density at radius 1 is 1.03 bits per heavy atom. The first-order valence-electron chi connectivity index (χ1n) is 9.34. The maximum absolute atomic E-state index is 13.4. The lowest BCUT2D eigenvalue weighted by Crippen LogP contribution is -2.43. The number of rotatable bonds is 6. The van der Waals surface area contributed by atoms with Gasteiger partial charge in [-0.05, 0) is 54.1 Å². The van der Waals surface area contributed by atoms with Crippen molar-refractivity contribution in [3.05, 3.63) is 83.9 Å². The van der Waals surface area contributed by atoms with E-state index < -0.39 is 18.7 Å². The molecule has 7 nitrogen and oxygen atoms in total. The molecule has 1 aliphatic heterocycles. The van der Waals surface area contributed by atoms with Crippen molar-refractivity contribution in [2.45, 2.75) is 6.17 Å². The van der Waals surface area contributed by atoms with Crippen LogP contribution in [-0.2, 0) is 4.79 Å². The lowest BCUT2D eigenvalue weighted by molar-refractivity contribution is -0.139. The maximum Gasteiger partial charge on any atom is 0.341 e. The highest BCUT2D eigenvalue weighted by molar-refractivity contribution is 6.12. The van der Waals surface area contributed by atoms with E-state index in [1.165, 1.54) is 0 Å². The van der Waals surface area contributed by atoms with Crippen LogP contribution in [0.3, 0.4) is 0 Å². The summed E-state index contributed by atoms with van der Waals surface area (Å²) < 4.78 is 10.5. The first kappa shape index (κ1) is 19.3. The van der Waals surface area contributed by atoms with E-state index in [1.807, 2.05) is 42.5 Å². The van der Waals surface area contributed by atoms with Crippen LogP contribution in [0.2, 0.25) is 0 Å². The van der Waals surface area contributed by atoms with Gasteiger partial charge in [-0.15, -0.1) is 0 Å². The van der Waals surface area contributed by atoms with Crippen molar-refractivity contribution in [1.82, 2.24) is 0 Å². The predicted molar refractivity (Wildman–Crippen MR) is 112 cm³/mol. The van der Waals surface area contributed by atoms with Crippen molar-refractivity contribution in [2.24, 2.45) is 0 Å². The third-order valence-corrected chi connectivity index (χ3v) is 4.81. The fraction of sp³-hybridized carbons (Fsp3) is 0.130. The number of carboxylic acids is 1. The first-order valence-corrected chi connectivity index (χ1v) is 9.34. The van der Waals surface area contributed by atoms with E-state index >= 15 is 0 Å². The van der Waals surface area contributed by atoms with Crippen LogP contribution in [0.4, 0.5) is 11.4 Å². The molecule has 0 aliphatic carbocycles. The van der Waals surface area contributed by atoms with E-state index in [0.717, 1.165) is 11.3 Å². The number of carbonyl (C=O) groups is 2. The van der Waals surface area contributed by atoms with Crippen LogP contribution >= 0.6 is 0 Å². The van der Waals surface area contributed by atoms with Gasteiger partial charge in [0.25, 0.3) is 5.91 Å². The monoisotopic (exact) mass is 404 g/mol. The van der Waals surface area contributed by atoms with E-state index in [9.17, 15) is 9.59 Å². The van der Waals surface area contributed by atoms with Crippen molar-refractivity contribution in [2.75, 3.05) is 23.9 Å². The fourth-order valence-electron chi connectivity index (χ4n) is 3.41. The SMILES string of the molecule is COc1cccc([C@@H]2Nc3ccccc3C(=O)N2c2ccc(OCC(=O)O)cc2)c1. The minimum Gasteiger partial charge on any atom is -0.497 e. The molecule has 4 rings (SSSR count). The molecular formula is C23H20N2O5. The van der Waals surface area contributed by atoms with Gasteiger partial charge in [0.05, 0.1) is 12.7 Å². The van der Waals surface area contributed by atoms with Crippen LogP contribution in [0, 0.1) is 0 Å². The smallest absolute Gasteiger partial charge is 0.341 e. The van der Waals surface area contributed by atoms with Crippen LogP contribution in [0.15, 0.2) is 72.8 Å². The fourth-order valence-corrected chi connectivity index (χ4v) is 3.41. The number of carboxylic acid groups (broad SMARTS) is 1. The number of aliphatic carboxylic acids is 1. The van der Waals surface area contributed by atoms with Gasteiger partial charge in [0.15, 0.2) is 6.61 Å². The number of hydrogen-bond acceptors (Lipinski definition) is 5. The molecule has 0 spiro atoms. The molecule has 1 heterocycles. The zero-order chi connectivity index (χ0) is 21.1. The molecule has 7 heteroatoms. The maximum atomic E-state index is 13.4. The summed E-state index contributed by atoms with van der Waals surface area (Å²) in [5.74, 6) is -0.0876. The van der Waals surface area contributed by atoms with Crippen LogP contribution in [0.5, 0.6) is 11.5 Å². The van der Waals surface area contributed by atoms with Crippen LogP contribution in [0.1, 0.15) is 22.1 Å². The second kappa shape index (κ2) is 8.16. The summed E-state index contributed by atoms with van der Waals surface area (Å²) in [6, 6.07) is 21.7. The first-order chi connectivity index (χ1) is 14.6. The van der Waals surface area contributed by atoms with Gasteiger partial charge in [-0.1, -0.05) is 24.3 Å². The van der Waals surface area contributed by atoms with E-state index in [4.69, 9.17) is 14.6 Å². The Bertz CT molecular complexity index is 1080. The molecule has 0 saturated carbocycles. The number of nitrogens with one attached hydrogen (secondary N) is 1. The largest absolute Gasteiger partial charge is 0.497 e. The van der Waals surface area contributed by atoms with Crippen molar-refractivity contribution in [3.63, 3.8) is 0 Å². The second-order valence-corrected chi connectivity index (χ2v) is 6.72. The topological polar surface area (TPSA) is 88.1 Å². The van der Waals surface area contributed by atoms with E-state index in [1.54, 1.807) is 42.3 Å². The molecular weight excluding hydrogens is 384 g/mol. The molecule has 1 aliphatic rings. The summed E-state index contributed by atoms with van der Waals surface area (Å²) in [5.41, 5.74) is 2.84.